The van der Waals surface area contributed by atoms with Crippen molar-refractivity contribution in [2.45, 2.75) is 19.1 Å². The molecule has 0 radical (unpaired) electrons. The molecule has 1 saturated heterocycles. The zero-order chi connectivity index (χ0) is 14.8. The predicted molar refractivity (Wildman–Crippen MR) is 73.5 cm³/mol. The van der Waals surface area contributed by atoms with Gasteiger partial charge in [-0.05, 0) is 25.1 Å². The smallest absolute Gasteiger partial charge is 0.311 e. The third kappa shape index (κ3) is 3.45. The Morgan fingerprint density at radius 3 is 2.80 bits per heavy atom. The summed E-state index contributed by atoms with van der Waals surface area (Å²) < 4.78 is 28.2. The molecule has 1 aliphatic rings. The number of ether oxygens (including phenoxy) is 1. The number of hydrogen-bond donors (Lipinski definition) is 1. The van der Waals surface area contributed by atoms with Crippen LogP contribution in [0.1, 0.15) is 12.0 Å². The Balaban J connectivity index is 2.21. The van der Waals surface area contributed by atoms with Crippen molar-refractivity contribution < 1.29 is 18.1 Å². The largest absolute Gasteiger partial charge is 0.482 e. The Morgan fingerprint density at radius 1 is 1.50 bits per heavy atom. The fourth-order valence-electron chi connectivity index (χ4n) is 2.15. The molecule has 8 heteroatoms. The molecule has 1 unspecified atom stereocenters. The van der Waals surface area contributed by atoms with Crippen LogP contribution in [-0.4, -0.2) is 38.0 Å². The summed E-state index contributed by atoms with van der Waals surface area (Å²) in [6, 6.07) is 4.69. The van der Waals surface area contributed by atoms with E-state index in [4.69, 9.17) is 4.74 Å². The van der Waals surface area contributed by atoms with E-state index in [1.165, 1.54) is 12.1 Å². The Hall–Kier alpha value is -1.67. The van der Waals surface area contributed by atoms with Gasteiger partial charge in [-0.25, -0.2) is 8.42 Å². The van der Waals surface area contributed by atoms with Gasteiger partial charge in [0.05, 0.1) is 16.4 Å². The van der Waals surface area contributed by atoms with Gasteiger partial charge >= 0.3 is 5.69 Å². The maximum absolute atomic E-state index is 11.4. The summed E-state index contributed by atoms with van der Waals surface area (Å²) in [4.78, 5) is 10.6. The van der Waals surface area contributed by atoms with E-state index in [9.17, 15) is 18.5 Å². The van der Waals surface area contributed by atoms with Crippen LogP contribution in [0, 0.1) is 10.1 Å². The van der Waals surface area contributed by atoms with Crippen LogP contribution < -0.4 is 10.1 Å². The number of nitrogens with one attached hydrogen (secondary N) is 1. The Bertz CT molecular complexity index is 614. The van der Waals surface area contributed by atoms with Gasteiger partial charge in [0.25, 0.3) is 0 Å². The number of nitro benzene ring substituents is 1. The van der Waals surface area contributed by atoms with Crippen LogP contribution >= 0.6 is 0 Å². The fraction of sp³-hybridized carbons (Fsp3) is 0.500. The highest BCUT2D eigenvalue weighted by Crippen LogP contribution is 2.30. The maximum atomic E-state index is 11.4. The summed E-state index contributed by atoms with van der Waals surface area (Å²) >= 11 is 0. The van der Waals surface area contributed by atoms with Gasteiger partial charge in [-0.15, -0.1) is 0 Å². The number of rotatable bonds is 5. The molecule has 1 aromatic rings. The van der Waals surface area contributed by atoms with Gasteiger partial charge in [0.1, 0.15) is 6.10 Å². The monoisotopic (exact) mass is 300 g/mol. The summed E-state index contributed by atoms with van der Waals surface area (Å²) in [6.07, 6.45) is -0.133. The standard InChI is InChI=1S/C12H16N2O5S/c1-13-7-9-2-3-12(11(6-9)14(15)16)19-10-4-5-20(17,18)8-10/h2-3,6,10,13H,4-5,7-8H2,1H3. The van der Waals surface area contributed by atoms with E-state index >= 15 is 0 Å². The van der Waals surface area contributed by atoms with Crippen LogP contribution in [0.5, 0.6) is 5.75 Å². The van der Waals surface area contributed by atoms with Crippen LogP contribution in [-0.2, 0) is 16.4 Å². The quantitative estimate of drug-likeness (QED) is 0.640. The predicted octanol–water partition coefficient (Wildman–Crippen LogP) is 0.880. The molecule has 0 aliphatic carbocycles. The van der Waals surface area contributed by atoms with Gasteiger partial charge in [0.15, 0.2) is 15.6 Å². The summed E-state index contributed by atoms with van der Waals surface area (Å²) in [5, 5.41) is 14.0. The maximum Gasteiger partial charge on any atom is 0.311 e. The zero-order valence-electron chi connectivity index (χ0n) is 11.0. The highest BCUT2D eigenvalue weighted by molar-refractivity contribution is 7.91. The summed E-state index contributed by atoms with van der Waals surface area (Å²) in [7, 11) is -1.32. The van der Waals surface area contributed by atoms with E-state index < -0.39 is 20.9 Å². The molecule has 1 N–H and O–H groups in total. The molecule has 20 heavy (non-hydrogen) atoms. The molecule has 0 spiro atoms. The van der Waals surface area contributed by atoms with Crippen LogP contribution in [0.25, 0.3) is 0 Å². The minimum Gasteiger partial charge on any atom is -0.482 e. The first kappa shape index (κ1) is 14.7. The van der Waals surface area contributed by atoms with E-state index in [1.807, 2.05) is 0 Å². The van der Waals surface area contributed by atoms with Crippen molar-refractivity contribution in [2.75, 3.05) is 18.6 Å². The average Bonchev–Trinajstić information content (AvgIpc) is 2.70. The molecule has 0 saturated carbocycles. The average molecular weight is 300 g/mol. The van der Waals surface area contributed by atoms with Gasteiger partial charge < -0.3 is 10.1 Å². The molecule has 0 bridgehead atoms. The minimum atomic E-state index is -3.07. The van der Waals surface area contributed by atoms with Crippen LogP contribution in [0.15, 0.2) is 18.2 Å². The summed E-state index contributed by atoms with van der Waals surface area (Å²) in [5.74, 6) is 0.114. The fourth-order valence-corrected chi connectivity index (χ4v) is 3.74. The third-order valence-electron chi connectivity index (χ3n) is 3.09. The lowest BCUT2D eigenvalue weighted by Gasteiger charge is -2.12. The number of benzene rings is 1. The van der Waals surface area contributed by atoms with Gasteiger partial charge in [0, 0.05) is 12.6 Å². The zero-order valence-corrected chi connectivity index (χ0v) is 11.9. The first-order valence-corrected chi connectivity index (χ1v) is 8.02. The van der Waals surface area contributed by atoms with E-state index in [2.05, 4.69) is 5.32 Å². The molecule has 110 valence electrons. The molecular weight excluding hydrogens is 284 g/mol. The van der Waals surface area contributed by atoms with Crippen molar-refractivity contribution in [1.29, 1.82) is 0 Å². The first-order valence-electron chi connectivity index (χ1n) is 6.20. The second-order valence-corrected chi connectivity index (χ2v) is 6.96. The lowest BCUT2D eigenvalue weighted by atomic mass is 10.2. The topological polar surface area (TPSA) is 98.5 Å². The van der Waals surface area contributed by atoms with Gasteiger partial charge in [-0.2, -0.15) is 0 Å². The highest BCUT2D eigenvalue weighted by atomic mass is 32.2. The summed E-state index contributed by atoms with van der Waals surface area (Å²) in [5.41, 5.74) is 0.632. The SMILES string of the molecule is CNCc1ccc(OC2CCS(=O)(=O)C2)c([N+](=O)[O-])c1. The molecule has 1 atom stereocenters. The number of sulfone groups is 1. The Morgan fingerprint density at radius 2 is 2.25 bits per heavy atom. The minimum absolute atomic E-state index is 0.0727. The van der Waals surface area contributed by atoms with E-state index in [-0.39, 0.29) is 22.9 Å². The highest BCUT2D eigenvalue weighted by Gasteiger charge is 2.31. The second kappa shape index (κ2) is 5.76. The van der Waals surface area contributed by atoms with Crippen molar-refractivity contribution >= 4 is 15.5 Å². The molecule has 1 heterocycles. The molecule has 0 aromatic heterocycles. The lowest BCUT2D eigenvalue weighted by molar-refractivity contribution is -0.386. The molecule has 0 amide bonds. The molecule has 1 aliphatic heterocycles. The van der Waals surface area contributed by atoms with Crippen molar-refractivity contribution in [1.82, 2.24) is 5.32 Å². The van der Waals surface area contributed by atoms with Crippen LogP contribution in [0.3, 0.4) is 0 Å². The molecule has 1 fully saturated rings. The van der Waals surface area contributed by atoms with Crippen LogP contribution in [0.2, 0.25) is 0 Å². The first-order chi connectivity index (χ1) is 9.41. The third-order valence-corrected chi connectivity index (χ3v) is 4.82. The van der Waals surface area contributed by atoms with Crippen molar-refractivity contribution in [3.8, 4) is 5.75 Å². The number of nitro groups is 1. The van der Waals surface area contributed by atoms with Gasteiger partial charge in [-0.1, -0.05) is 6.07 Å². The van der Waals surface area contributed by atoms with Gasteiger partial charge in [-0.3, -0.25) is 10.1 Å². The summed E-state index contributed by atoms with van der Waals surface area (Å²) in [6.45, 7) is 0.513. The molecular formula is C12H16N2O5S. The van der Waals surface area contributed by atoms with E-state index in [0.29, 0.717) is 13.0 Å². The number of hydrogen-bond acceptors (Lipinski definition) is 6. The van der Waals surface area contributed by atoms with Crippen molar-refractivity contribution in [3.63, 3.8) is 0 Å². The van der Waals surface area contributed by atoms with Crippen molar-refractivity contribution in [3.05, 3.63) is 33.9 Å². The number of nitrogens with zero attached hydrogens (tertiary/aromatic N) is 1. The molecule has 1 aromatic carbocycles. The van der Waals surface area contributed by atoms with E-state index in [1.54, 1.807) is 13.1 Å². The van der Waals surface area contributed by atoms with Gasteiger partial charge in [0.2, 0.25) is 0 Å². The second-order valence-electron chi connectivity index (χ2n) is 4.73. The van der Waals surface area contributed by atoms with Crippen molar-refractivity contribution in [2.24, 2.45) is 0 Å². The Labute approximate surface area is 117 Å². The Kier molecular flexibility index (Phi) is 4.24. The molecule has 2 rings (SSSR count). The van der Waals surface area contributed by atoms with Crippen LogP contribution in [0.4, 0.5) is 5.69 Å². The molecule has 7 nitrogen and oxygen atoms in total. The van der Waals surface area contributed by atoms with E-state index in [0.717, 1.165) is 5.56 Å². The normalized spacial score (nSPS) is 20.8. The lowest BCUT2D eigenvalue weighted by Crippen LogP contribution is -2.18.